The molecule has 0 saturated carbocycles. The van der Waals surface area contributed by atoms with Crippen LogP contribution >= 0.6 is 15.9 Å². The van der Waals surface area contributed by atoms with Gasteiger partial charge >= 0.3 is 0 Å². The molecule has 1 fully saturated rings. The molecular weight excluding hydrogens is 416 g/mol. The summed E-state index contributed by atoms with van der Waals surface area (Å²) in [6.07, 6.45) is 2.45. The molecule has 27 heavy (non-hydrogen) atoms. The lowest BCUT2D eigenvalue weighted by Crippen LogP contribution is -2.44. The zero-order chi connectivity index (χ0) is 19.2. The first-order valence-electron chi connectivity index (χ1n) is 8.90. The fourth-order valence-electron chi connectivity index (χ4n) is 3.07. The van der Waals surface area contributed by atoms with Crippen LogP contribution in [-0.4, -0.2) is 36.6 Å². The summed E-state index contributed by atoms with van der Waals surface area (Å²) in [4.78, 5) is 10.6. The van der Waals surface area contributed by atoms with Gasteiger partial charge in [0.2, 0.25) is 0 Å². The van der Waals surface area contributed by atoms with Gasteiger partial charge in [-0.1, -0.05) is 15.9 Å². The number of anilines is 1. The lowest BCUT2D eigenvalue weighted by molar-refractivity contribution is 0.612. The second-order valence-electron chi connectivity index (χ2n) is 6.36. The van der Waals surface area contributed by atoms with Crippen LogP contribution in [0, 0.1) is 11.6 Å². The summed E-state index contributed by atoms with van der Waals surface area (Å²) in [6, 6.07) is 7.87. The molecule has 8 heteroatoms. The monoisotopic (exact) mass is 437 g/mol. The number of nitrogens with zero attached hydrogens (tertiary/aromatic N) is 3. The Hall–Kier alpha value is -2.22. The second kappa shape index (κ2) is 9.12. The summed E-state index contributed by atoms with van der Waals surface area (Å²) < 4.78 is 28.1. The number of aromatic nitrogens is 1. The van der Waals surface area contributed by atoms with E-state index in [1.54, 1.807) is 12.3 Å². The van der Waals surface area contributed by atoms with Crippen molar-refractivity contribution >= 4 is 27.7 Å². The van der Waals surface area contributed by atoms with Crippen LogP contribution in [0.1, 0.15) is 18.9 Å². The van der Waals surface area contributed by atoms with Crippen molar-refractivity contribution < 1.29 is 8.78 Å². The van der Waals surface area contributed by atoms with Gasteiger partial charge in [-0.3, -0.25) is 0 Å². The third kappa shape index (κ3) is 5.38. The molecule has 1 aliphatic heterocycles. The summed E-state index contributed by atoms with van der Waals surface area (Å²) in [5.41, 5.74) is 0.780. The highest BCUT2D eigenvalue weighted by atomic mass is 79.9. The van der Waals surface area contributed by atoms with E-state index in [1.807, 2.05) is 17.9 Å². The molecule has 5 nitrogen and oxygen atoms in total. The lowest BCUT2D eigenvalue weighted by atomic mass is 10.2. The molecule has 1 unspecified atom stereocenters. The molecule has 2 N–H and O–H groups in total. The highest BCUT2D eigenvalue weighted by Gasteiger charge is 2.25. The highest BCUT2D eigenvalue weighted by molar-refractivity contribution is 9.10. The van der Waals surface area contributed by atoms with Gasteiger partial charge < -0.3 is 15.5 Å². The molecule has 1 aromatic heterocycles. The molecule has 1 atom stereocenters. The van der Waals surface area contributed by atoms with E-state index >= 15 is 0 Å². The molecular formula is C19H22BrF2N5. The van der Waals surface area contributed by atoms with Gasteiger partial charge in [-0.2, -0.15) is 0 Å². The molecule has 144 valence electrons. The topological polar surface area (TPSA) is 52.6 Å². The Kier molecular flexibility index (Phi) is 6.60. The maximum atomic E-state index is 13.9. The molecule has 0 spiro atoms. The number of guanidine groups is 1. The first-order chi connectivity index (χ1) is 13.0. The van der Waals surface area contributed by atoms with Gasteiger partial charge in [-0.05, 0) is 49.2 Å². The van der Waals surface area contributed by atoms with E-state index in [-0.39, 0.29) is 17.7 Å². The van der Waals surface area contributed by atoms with Gasteiger partial charge in [0.1, 0.15) is 5.82 Å². The van der Waals surface area contributed by atoms with Crippen molar-refractivity contribution in [3.63, 3.8) is 0 Å². The van der Waals surface area contributed by atoms with E-state index in [0.29, 0.717) is 35.9 Å². The van der Waals surface area contributed by atoms with Crippen LogP contribution in [0.3, 0.4) is 0 Å². The molecule has 0 bridgehead atoms. The Balaban J connectivity index is 1.63. The summed E-state index contributed by atoms with van der Waals surface area (Å²) in [5, 5.41) is 6.58. The highest BCUT2D eigenvalue weighted by Crippen LogP contribution is 2.21. The van der Waals surface area contributed by atoms with Gasteiger partial charge in [-0.15, -0.1) is 0 Å². The SMILES string of the molecule is CCNC(=NCc1cc(F)cc(Br)c1)NC1CCN(c2ncccc2F)C1. The van der Waals surface area contributed by atoms with E-state index in [0.717, 1.165) is 18.5 Å². The summed E-state index contributed by atoms with van der Waals surface area (Å²) in [7, 11) is 0. The van der Waals surface area contributed by atoms with Crippen molar-refractivity contribution in [3.05, 3.63) is 58.2 Å². The van der Waals surface area contributed by atoms with Gasteiger partial charge in [-0.25, -0.2) is 18.8 Å². The average molecular weight is 438 g/mol. The fourth-order valence-corrected chi connectivity index (χ4v) is 3.58. The van der Waals surface area contributed by atoms with Gasteiger partial charge in [0.15, 0.2) is 17.6 Å². The third-order valence-electron chi connectivity index (χ3n) is 4.25. The van der Waals surface area contributed by atoms with Crippen LogP contribution < -0.4 is 15.5 Å². The van der Waals surface area contributed by atoms with Crippen molar-refractivity contribution in [2.24, 2.45) is 4.99 Å². The largest absolute Gasteiger partial charge is 0.357 e. The minimum atomic E-state index is -0.310. The molecule has 1 saturated heterocycles. The van der Waals surface area contributed by atoms with Gasteiger partial charge in [0.05, 0.1) is 6.54 Å². The van der Waals surface area contributed by atoms with E-state index in [2.05, 4.69) is 36.5 Å². The van der Waals surface area contributed by atoms with E-state index in [4.69, 9.17) is 0 Å². The van der Waals surface area contributed by atoms with Crippen LogP contribution in [0.5, 0.6) is 0 Å². The molecule has 0 radical (unpaired) electrons. The normalized spacial score (nSPS) is 17.3. The number of hydrogen-bond acceptors (Lipinski definition) is 3. The van der Waals surface area contributed by atoms with Gasteiger partial charge in [0.25, 0.3) is 0 Å². The second-order valence-corrected chi connectivity index (χ2v) is 7.27. The molecule has 0 amide bonds. The first kappa shape index (κ1) is 19.5. The van der Waals surface area contributed by atoms with E-state index in [9.17, 15) is 8.78 Å². The summed E-state index contributed by atoms with van der Waals surface area (Å²) in [6.45, 7) is 4.42. The molecule has 3 rings (SSSR count). The number of rotatable bonds is 5. The molecule has 1 aliphatic rings. The molecule has 1 aromatic carbocycles. The number of benzene rings is 1. The molecule has 0 aliphatic carbocycles. The van der Waals surface area contributed by atoms with Crippen molar-refractivity contribution in [1.82, 2.24) is 15.6 Å². The van der Waals surface area contributed by atoms with E-state index < -0.39 is 0 Å². The maximum absolute atomic E-state index is 13.9. The Labute approximate surface area is 166 Å². The van der Waals surface area contributed by atoms with Crippen LogP contribution in [0.15, 0.2) is 46.0 Å². The van der Waals surface area contributed by atoms with Crippen LogP contribution in [0.25, 0.3) is 0 Å². The average Bonchev–Trinajstić information content (AvgIpc) is 3.08. The van der Waals surface area contributed by atoms with Crippen molar-refractivity contribution in [3.8, 4) is 0 Å². The Morgan fingerprint density at radius 1 is 1.37 bits per heavy atom. The minimum Gasteiger partial charge on any atom is -0.357 e. The molecule has 2 aromatic rings. The fraction of sp³-hybridized carbons (Fsp3) is 0.368. The third-order valence-corrected chi connectivity index (χ3v) is 4.71. The standard InChI is InChI=1S/C19H22BrF2N5/c1-2-23-19(25-11-13-8-14(20)10-15(21)9-13)26-16-5-7-27(12-16)18-17(22)4-3-6-24-18/h3-4,6,8-10,16H,2,5,7,11-12H2,1H3,(H2,23,25,26). The quantitative estimate of drug-likeness (QED) is 0.555. The number of aliphatic imine (C=N–C) groups is 1. The summed E-state index contributed by atoms with van der Waals surface area (Å²) in [5.74, 6) is 0.436. The van der Waals surface area contributed by atoms with Crippen molar-refractivity contribution in [2.75, 3.05) is 24.5 Å². The van der Waals surface area contributed by atoms with E-state index in [1.165, 1.54) is 18.2 Å². The Morgan fingerprint density at radius 2 is 2.22 bits per heavy atom. The lowest BCUT2D eigenvalue weighted by Gasteiger charge is -2.20. The predicted octanol–water partition coefficient (Wildman–Crippen LogP) is 3.46. The number of hydrogen-bond donors (Lipinski definition) is 2. The predicted molar refractivity (Wildman–Crippen MR) is 107 cm³/mol. The zero-order valence-electron chi connectivity index (χ0n) is 15.1. The zero-order valence-corrected chi connectivity index (χ0v) is 16.6. The van der Waals surface area contributed by atoms with Gasteiger partial charge in [0, 0.05) is 36.3 Å². The van der Waals surface area contributed by atoms with Crippen LogP contribution in [-0.2, 0) is 6.54 Å². The number of halogens is 3. The summed E-state index contributed by atoms with van der Waals surface area (Å²) >= 11 is 3.29. The number of nitrogens with one attached hydrogen (secondary N) is 2. The van der Waals surface area contributed by atoms with Crippen LogP contribution in [0.4, 0.5) is 14.6 Å². The van der Waals surface area contributed by atoms with Crippen molar-refractivity contribution in [1.29, 1.82) is 0 Å². The number of pyridine rings is 1. The maximum Gasteiger partial charge on any atom is 0.191 e. The smallest absolute Gasteiger partial charge is 0.191 e. The minimum absolute atomic E-state index is 0.128. The van der Waals surface area contributed by atoms with Crippen molar-refractivity contribution in [2.45, 2.75) is 25.9 Å². The Bertz CT molecular complexity index is 794. The van der Waals surface area contributed by atoms with Crippen LogP contribution in [0.2, 0.25) is 0 Å². The Morgan fingerprint density at radius 3 is 2.96 bits per heavy atom. The molecule has 2 heterocycles. The first-order valence-corrected chi connectivity index (χ1v) is 9.69.